The van der Waals surface area contributed by atoms with Crippen molar-refractivity contribution < 1.29 is 18.3 Å². The average molecular weight is 399 g/mol. The standard InChI is InChI=1S/C17H17BrF2N2O2/c1-10(11-3-6-16(24-2)13(18)7-11)21-9-17(23)22-12-4-5-14(19)15(20)8-12/h3-8,10,21H,9H2,1-2H3,(H,22,23)/t10-/m1/s1. The smallest absolute Gasteiger partial charge is 0.238 e. The Bertz CT molecular complexity index is 741. The number of amides is 1. The zero-order chi connectivity index (χ0) is 17.7. The molecule has 0 aromatic heterocycles. The number of carbonyl (C=O) groups is 1. The number of benzene rings is 2. The van der Waals surface area contributed by atoms with Gasteiger partial charge >= 0.3 is 0 Å². The van der Waals surface area contributed by atoms with E-state index in [-0.39, 0.29) is 24.2 Å². The van der Waals surface area contributed by atoms with Crippen LogP contribution in [0.25, 0.3) is 0 Å². The van der Waals surface area contributed by atoms with Crippen molar-refractivity contribution in [3.05, 3.63) is 58.1 Å². The number of halogens is 3. The molecule has 0 aliphatic carbocycles. The van der Waals surface area contributed by atoms with Gasteiger partial charge in [0.2, 0.25) is 5.91 Å². The number of ether oxygens (including phenoxy) is 1. The molecule has 2 aromatic carbocycles. The van der Waals surface area contributed by atoms with E-state index in [2.05, 4.69) is 26.6 Å². The number of anilines is 1. The minimum atomic E-state index is -1.00. The molecule has 0 fully saturated rings. The van der Waals surface area contributed by atoms with Crippen molar-refractivity contribution in [2.75, 3.05) is 19.0 Å². The fourth-order valence-corrected chi connectivity index (χ4v) is 2.65. The number of methoxy groups -OCH3 is 1. The Morgan fingerprint density at radius 3 is 2.58 bits per heavy atom. The van der Waals surface area contributed by atoms with Gasteiger partial charge in [0, 0.05) is 17.8 Å². The molecule has 0 aliphatic heterocycles. The lowest BCUT2D eigenvalue weighted by molar-refractivity contribution is -0.115. The Morgan fingerprint density at radius 2 is 1.96 bits per heavy atom. The van der Waals surface area contributed by atoms with Crippen LogP contribution in [0.2, 0.25) is 0 Å². The van der Waals surface area contributed by atoms with Crippen LogP contribution in [0.1, 0.15) is 18.5 Å². The molecule has 1 atom stereocenters. The van der Waals surface area contributed by atoms with E-state index in [1.54, 1.807) is 7.11 Å². The minimum absolute atomic E-state index is 0.0316. The summed E-state index contributed by atoms with van der Waals surface area (Å²) >= 11 is 3.41. The van der Waals surface area contributed by atoms with Crippen LogP contribution in [0.3, 0.4) is 0 Å². The van der Waals surface area contributed by atoms with E-state index in [1.165, 1.54) is 6.07 Å². The molecular formula is C17H17BrF2N2O2. The molecule has 2 aromatic rings. The predicted molar refractivity (Wildman–Crippen MR) is 92.1 cm³/mol. The van der Waals surface area contributed by atoms with Crippen molar-refractivity contribution >= 4 is 27.5 Å². The molecule has 4 nitrogen and oxygen atoms in total. The maximum absolute atomic E-state index is 13.1. The average Bonchev–Trinajstić information content (AvgIpc) is 2.56. The summed E-state index contributed by atoms with van der Waals surface area (Å²) in [6, 6.07) is 8.77. The maximum Gasteiger partial charge on any atom is 0.238 e. The second-order valence-electron chi connectivity index (χ2n) is 5.17. The van der Waals surface area contributed by atoms with E-state index in [1.807, 2.05) is 25.1 Å². The van der Waals surface area contributed by atoms with E-state index in [0.29, 0.717) is 0 Å². The predicted octanol–water partition coefficient (Wildman–Crippen LogP) is 4.03. The first-order valence-corrected chi connectivity index (χ1v) is 8.01. The zero-order valence-electron chi connectivity index (χ0n) is 13.2. The molecule has 128 valence electrons. The first-order chi connectivity index (χ1) is 11.4. The topological polar surface area (TPSA) is 50.4 Å². The molecule has 0 bridgehead atoms. The number of hydrogen-bond donors (Lipinski definition) is 2. The van der Waals surface area contributed by atoms with E-state index in [9.17, 15) is 13.6 Å². The van der Waals surface area contributed by atoms with Gasteiger partial charge in [-0.25, -0.2) is 8.78 Å². The van der Waals surface area contributed by atoms with Crippen LogP contribution in [0.15, 0.2) is 40.9 Å². The van der Waals surface area contributed by atoms with Crippen molar-refractivity contribution in [1.29, 1.82) is 0 Å². The molecule has 0 spiro atoms. The second kappa shape index (κ2) is 8.21. The molecule has 0 heterocycles. The molecule has 0 aliphatic rings. The van der Waals surface area contributed by atoms with Crippen LogP contribution in [-0.4, -0.2) is 19.6 Å². The highest BCUT2D eigenvalue weighted by atomic mass is 79.9. The lowest BCUT2D eigenvalue weighted by Gasteiger charge is -2.15. The van der Waals surface area contributed by atoms with Gasteiger partial charge in [-0.1, -0.05) is 6.07 Å². The van der Waals surface area contributed by atoms with Gasteiger partial charge in [0.25, 0.3) is 0 Å². The van der Waals surface area contributed by atoms with Gasteiger partial charge in [-0.2, -0.15) is 0 Å². The fourth-order valence-electron chi connectivity index (χ4n) is 2.09. The Balaban J connectivity index is 1.90. The third-order valence-corrected chi connectivity index (χ3v) is 4.07. The van der Waals surface area contributed by atoms with Crippen LogP contribution in [0.5, 0.6) is 5.75 Å². The Kier molecular flexibility index (Phi) is 6.28. The van der Waals surface area contributed by atoms with Crippen LogP contribution >= 0.6 is 15.9 Å². The molecule has 0 saturated carbocycles. The van der Waals surface area contributed by atoms with Crippen molar-refractivity contribution in [1.82, 2.24) is 5.32 Å². The Hall–Kier alpha value is -1.99. The summed E-state index contributed by atoms with van der Waals surface area (Å²) in [6.07, 6.45) is 0. The van der Waals surface area contributed by atoms with Gasteiger partial charge < -0.3 is 15.4 Å². The van der Waals surface area contributed by atoms with Crippen molar-refractivity contribution in [3.63, 3.8) is 0 Å². The largest absolute Gasteiger partial charge is 0.496 e. The number of carbonyl (C=O) groups excluding carboxylic acids is 1. The van der Waals surface area contributed by atoms with Gasteiger partial charge in [-0.15, -0.1) is 0 Å². The van der Waals surface area contributed by atoms with E-state index in [0.717, 1.165) is 27.9 Å². The number of nitrogens with one attached hydrogen (secondary N) is 2. The molecule has 2 rings (SSSR count). The van der Waals surface area contributed by atoms with Crippen molar-refractivity contribution in [2.45, 2.75) is 13.0 Å². The molecule has 24 heavy (non-hydrogen) atoms. The lowest BCUT2D eigenvalue weighted by atomic mass is 10.1. The SMILES string of the molecule is COc1ccc([C@@H](C)NCC(=O)Nc2ccc(F)c(F)c2)cc1Br. The fraction of sp³-hybridized carbons (Fsp3) is 0.235. The highest BCUT2D eigenvalue weighted by Crippen LogP contribution is 2.27. The Morgan fingerprint density at radius 1 is 1.21 bits per heavy atom. The minimum Gasteiger partial charge on any atom is -0.496 e. The summed E-state index contributed by atoms with van der Waals surface area (Å²) in [5, 5.41) is 5.58. The number of hydrogen-bond acceptors (Lipinski definition) is 3. The Labute approximate surface area is 147 Å². The summed E-state index contributed by atoms with van der Waals surface area (Å²) in [7, 11) is 1.59. The summed E-state index contributed by atoms with van der Waals surface area (Å²) in [6.45, 7) is 1.95. The summed E-state index contributed by atoms with van der Waals surface area (Å²) in [4.78, 5) is 11.9. The van der Waals surface area contributed by atoms with Crippen LogP contribution in [0.4, 0.5) is 14.5 Å². The zero-order valence-corrected chi connectivity index (χ0v) is 14.8. The molecule has 1 amide bonds. The van der Waals surface area contributed by atoms with Crippen LogP contribution in [0, 0.1) is 11.6 Å². The van der Waals surface area contributed by atoms with E-state index >= 15 is 0 Å². The van der Waals surface area contributed by atoms with Gasteiger partial charge in [-0.05, 0) is 52.7 Å². The highest BCUT2D eigenvalue weighted by Gasteiger charge is 2.11. The molecule has 2 N–H and O–H groups in total. The third kappa shape index (κ3) is 4.75. The van der Waals surface area contributed by atoms with Crippen molar-refractivity contribution in [2.24, 2.45) is 0 Å². The quantitative estimate of drug-likeness (QED) is 0.772. The van der Waals surface area contributed by atoms with E-state index in [4.69, 9.17) is 4.74 Å². The van der Waals surface area contributed by atoms with E-state index < -0.39 is 11.6 Å². The molecule has 0 radical (unpaired) electrons. The summed E-state index contributed by atoms with van der Waals surface area (Å²) < 4.78 is 32.0. The second-order valence-corrected chi connectivity index (χ2v) is 6.03. The molecule has 0 unspecified atom stereocenters. The summed E-state index contributed by atoms with van der Waals surface area (Å²) in [5.74, 6) is -1.58. The molecular weight excluding hydrogens is 382 g/mol. The van der Waals surface area contributed by atoms with Gasteiger partial charge in [-0.3, -0.25) is 4.79 Å². The highest BCUT2D eigenvalue weighted by molar-refractivity contribution is 9.10. The van der Waals surface area contributed by atoms with Crippen LogP contribution in [-0.2, 0) is 4.79 Å². The first-order valence-electron chi connectivity index (χ1n) is 7.22. The molecule has 0 saturated heterocycles. The normalized spacial score (nSPS) is 11.9. The van der Waals surface area contributed by atoms with Crippen LogP contribution < -0.4 is 15.4 Å². The van der Waals surface area contributed by atoms with Gasteiger partial charge in [0.15, 0.2) is 11.6 Å². The maximum atomic E-state index is 13.1. The third-order valence-electron chi connectivity index (χ3n) is 3.45. The summed E-state index contributed by atoms with van der Waals surface area (Å²) in [5.41, 5.74) is 1.18. The number of rotatable bonds is 6. The monoisotopic (exact) mass is 398 g/mol. The van der Waals surface area contributed by atoms with Gasteiger partial charge in [0.1, 0.15) is 5.75 Å². The van der Waals surface area contributed by atoms with Crippen molar-refractivity contribution in [3.8, 4) is 5.75 Å². The first kappa shape index (κ1) is 18.4. The lowest BCUT2D eigenvalue weighted by Crippen LogP contribution is -2.30. The molecule has 7 heteroatoms. The van der Waals surface area contributed by atoms with Gasteiger partial charge in [0.05, 0.1) is 18.1 Å².